The van der Waals surface area contributed by atoms with Gasteiger partial charge in [0.15, 0.2) is 23.8 Å². The molecule has 2 rings (SSSR count). The monoisotopic (exact) mass is 343 g/mol. The number of rotatable bonds is 5. The number of carbonyl (C=O) groups excluding carboxylic acids is 6. The lowest BCUT2D eigenvalue weighted by atomic mass is 10.2. The van der Waals surface area contributed by atoms with Crippen molar-refractivity contribution in [1.82, 2.24) is 5.06 Å². The van der Waals surface area contributed by atoms with E-state index in [-0.39, 0.29) is 30.7 Å². The first-order chi connectivity index (χ1) is 11.2. The lowest BCUT2D eigenvalue weighted by molar-refractivity contribution is -0.208. The molecular weight excluding hydrogens is 330 g/mol. The van der Waals surface area contributed by atoms with Crippen LogP contribution in [0, 0.1) is 0 Å². The smallest absolute Gasteiger partial charge is 0.364 e. The van der Waals surface area contributed by atoms with Crippen molar-refractivity contribution in [3.63, 3.8) is 0 Å². The molecule has 0 aromatic carbocycles. The average molecular weight is 343 g/mol. The van der Waals surface area contributed by atoms with Gasteiger partial charge in [-0.3, -0.25) is 19.2 Å². The van der Waals surface area contributed by atoms with Crippen molar-refractivity contribution in [3.05, 3.63) is 0 Å². The third-order valence-electron chi connectivity index (χ3n) is 3.41. The molecule has 1 saturated heterocycles. The second kappa shape index (κ2) is 6.84. The number of hydrogen-bond acceptors (Lipinski definition) is 10. The summed E-state index contributed by atoms with van der Waals surface area (Å²) >= 11 is 0. The van der Waals surface area contributed by atoms with Crippen molar-refractivity contribution in [1.29, 1.82) is 0 Å². The molecule has 11 nitrogen and oxygen atoms in total. The van der Waals surface area contributed by atoms with Crippen LogP contribution in [0.4, 0.5) is 0 Å². The number of ketones is 2. The molecule has 2 fully saturated rings. The summed E-state index contributed by atoms with van der Waals surface area (Å²) in [5, 5.41) is 19.2. The van der Waals surface area contributed by atoms with Crippen molar-refractivity contribution >= 4 is 35.3 Å². The largest absolute Gasteiger partial charge is 0.444 e. The predicted octanol–water partition coefficient (Wildman–Crippen LogP) is -2.84. The van der Waals surface area contributed by atoms with Crippen LogP contribution in [-0.2, 0) is 38.3 Å². The Morgan fingerprint density at radius 2 is 1.33 bits per heavy atom. The Hall–Kier alpha value is -2.66. The van der Waals surface area contributed by atoms with E-state index in [0.29, 0.717) is 0 Å². The molecule has 2 aliphatic rings. The molecular formula is C13H13NO10. The first-order valence-electron chi connectivity index (χ1n) is 6.92. The Kier molecular flexibility index (Phi) is 5.04. The van der Waals surface area contributed by atoms with Crippen molar-refractivity contribution in [2.24, 2.45) is 0 Å². The van der Waals surface area contributed by atoms with Gasteiger partial charge in [0.2, 0.25) is 6.10 Å². The van der Waals surface area contributed by atoms with E-state index < -0.39 is 53.6 Å². The van der Waals surface area contributed by atoms with E-state index in [1.54, 1.807) is 0 Å². The fourth-order valence-electron chi connectivity index (χ4n) is 2.07. The lowest BCUT2D eigenvalue weighted by Gasteiger charge is -2.19. The molecule has 0 bridgehead atoms. The first kappa shape index (κ1) is 17.7. The van der Waals surface area contributed by atoms with Crippen LogP contribution in [-0.4, -0.2) is 68.9 Å². The number of amides is 2. The molecule has 130 valence electrons. The van der Waals surface area contributed by atoms with Crippen molar-refractivity contribution in [2.75, 3.05) is 0 Å². The molecule has 1 heterocycles. The number of aliphatic hydroxyl groups is 2. The highest BCUT2D eigenvalue weighted by Gasteiger charge is 2.42. The fraction of sp³-hybridized carbons (Fsp3) is 0.538. The highest BCUT2D eigenvalue weighted by atomic mass is 16.7. The number of ether oxygens (including phenoxy) is 1. The number of carbonyl (C=O) groups is 6. The standard InChI is InChI=1S/C13H13NO10/c15-5-1-2-6(16)11(5)23-12(21)9(19)10(20)13(22)24-14-7(17)3-4-8(14)18/h9-11,19-20H,1-4H2/t9-,10-/m1/s1. The summed E-state index contributed by atoms with van der Waals surface area (Å²) in [5.74, 6) is -6.20. The SMILES string of the molecule is O=C1CCC(=O)C1OC(=O)[C@H](O)[C@@H](O)C(=O)ON1C(=O)CCC1=O. The zero-order chi connectivity index (χ0) is 18.0. The number of hydrogen-bond donors (Lipinski definition) is 2. The molecule has 0 radical (unpaired) electrons. The van der Waals surface area contributed by atoms with Crippen LogP contribution in [0.5, 0.6) is 0 Å². The predicted molar refractivity (Wildman–Crippen MR) is 68.3 cm³/mol. The van der Waals surface area contributed by atoms with Gasteiger partial charge in [-0.2, -0.15) is 0 Å². The van der Waals surface area contributed by atoms with Gasteiger partial charge in [0.05, 0.1) is 0 Å². The Morgan fingerprint density at radius 3 is 1.83 bits per heavy atom. The molecule has 0 aromatic rings. The first-order valence-corrected chi connectivity index (χ1v) is 6.92. The minimum Gasteiger partial charge on any atom is -0.444 e. The summed E-state index contributed by atoms with van der Waals surface area (Å²) in [6, 6.07) is 0. The van der Waals surface area contributed by atoms with Gasteiger partial charge < -0.3 is 19.8 Å². The fourth-order valence-corrected chi connectivity index (χ4v) is 2.07. The molecule has 2 N–H and O–H groups in total. The van der Waals surface area contributed by atoms with Crippen molar-refractivity contribution in [2.45, 2.75) is 44.0 Å². The van der Waals surface area contributed by atoms with Gasteiger partial charge in [-0.1, -0.05) is 0 Å². The van der Waals surface area contributed by atoms with Crippen LogP contribution >= 0.6 is 0 Å². The third kappa shape index (κ3) is 3.46. The highest BCUT2D eigenvalue weighted by Crippen LogP contribution is 2.16. The maximum absolute atomic E-state index is 11.6. The van der Waals surface area contributed by atoms with Gasteiger partial charge in [-0.05, 0) is 0 Å². The van der Waals surface area contributed by atoms with Crippen LogP contribution in [0.25, 0.3) is 0 Å². The topological polar surface area (TPSA) is 165 Å². The van der Waals surface area contributed by atoms with E-state index >= 15 is 0 Å². The Labute approximate surface area is 134 Å². The van der Waals surface area contributed by atoms with Gasteiger partial charge in [0.25, 0.3) is 11.8 Å². The summed E-state index contributed by atoms with van der Waals surface area (Å²) in [6.45, 7) is 0. The van der Waals surface area contributed by atoms with Gasteiger partial charge in [0.1, 0.15) is 0 Å². The Bertz CT molecular complexity index is 540. The molecule has 1 aliphatic heterocycles. The normalized spacial score (nSPS) is 21.2. The number of esters is 1. The van der Waals surface area contributed by atoms with E-state index in [9.17, 15) is 39.0 Å². The number of imide groups is 1. The lowest BCUT2D eigenvalue weighted by Crippen LogP contribution is -2.46. The molecule has 0 unspecified atom stereocenters. The van der Waals surface area contributed by atoms with Crippen LogP contribution in [0.2, 0.25) is 0 Å². The zero-order valence-electron chi connectivity index (χ0n) is 12.2. The average Bonchev–Trinajstić information content (AvgIpc) is 3.03. The summed E-state index contributed by atoms with van der Waals surface area (Å²) in [7, 11) is 0. The van der Waals surface area contributed by atoms with E-state index in [1.807, 2.05) is 0 Å². The summed E-state index contributed by atoms with van der Waals surface area (Å²) < 4.78 is 4.48. The van der Waals surface area contributed by atoms with E-state index in [0.717, 1.165) is 0 Å². The maximum atomic E-state index is 11.6. The molecule has 1 aliphatic carbocycles. The summed E-state index contributed by atoms with van der Waals surface area (Å²) in [4.78, 5) is 72.7. The molecule has 11 heteroatoms. The number of Topliss-reactive ketones (excluding diaryl/α,β-unsaturated/α-hetero) is 2. The van der Waals surface area contributed by atoms with Gasteiger partial charge in [-0.15, -0.1) is 5.06 Å². The van der Waals surface area contributed by atoms with Crippen LogP contribution in [0.15, 0.2) is 0 Å². The van der Waals surface area contributed by atoms with Gasteiger partial charge in [0, 0.05) is 25.7 Å². The van der Waals surface area contributed by atoms with Crippen molar-refractivity contribution in [3.8, 4) is 0 Å². The van der Waals surface area contributed by atoms with Crippen LogP contribution in [0.3, 0.4) is 0 Å². The summed E-state index contributed by atoms with van der Waals surface area (Å²) in [5.41, 5.74) is 0. The summed E-state index contributed by atoms with van der Waals surface area (Å²) in [6.07, 6.45) is -7.22. The van der Waals surface area contributed by atoms with Gasteiger partial charge >= 0.3 is 11.9 Å². The molecule has 0 spiro atoms. The van der Waals surface area contributed by atoms with E-state index in [1.165, 1.54) is 0 Å². The maximum Gasteiger partial charge on any atom is 0.364 e. The van der Waals surface area contributed by atoms with Crippen molar-refractivity contribution < 1.29 is 48.6 Å². The number of hydroxylamine groups is 2. The Balaban J connectivity index is 1.94. The van der Waals surface area contributed by atoms with E-state index in [4.69, 9.17) is 0 Å². The second-order valence-electron chi connectivity index (χ2n) is 5.13. The minimum absolute atomic E-state index is 0.114. The van der Waals surface area contributed by atoms with Gasteiger partial charge in [-0.25, -0.2) is 9.59 Å². The second-order valence-corrected chi connectivity index (χ2v) is 5.13. The molecule has 0 aromatic heterocycles. The third-order valence-corrected chi connectivity index (χ3v) is 3.41. The molecule has 2 amide bonds. The Morgan fingerprint density at radius 1 is 0.875 bits per heavy atom. The molecule has 2 atom stereocenters. The van der Waals surface area contributed by atoms with E-state index in [2.05, 4.69) is 9.57 Å². The highest BCUT2D eigenvalue weighted by molar-refractivity contribution is 6.12. The number of nitrogens with zero attached hydrogens (tertiary/aromatic N) is 1. The molecule has 1 saturated carbocycles. The minimum atomic E-state index is -2.48. The van der Waals surface area contributed by atoms with Crippen LogP contribution < -0.4 is 0 Å². The number of aliphatic hydroxyl groups excluding tert-OH is 2. The zero-order valence-corrected chi connectivity index (χ0v) is 12.2. The quantitative estimate of drug-likeness (QED) is 0.302. The molecule has 24 heavy (non-hydrogen) atoms. The van der Waals surface area contributed by atoms with Crippen LogP contribution in [0.1, 0.15) is 25.7 Å².